The van der Waals surface area contributed by atoms with Crippen molar-refractivity contribution in [2.75, 3.05) is 0 Å². The largest absolute Gasteiger partial charge is 0.393 e. The van der Waals surface area contributed by atoms with E-state index in [4.69, 9.17) is 0 Å². The number of rotatable bonds is 5. The van der Waals surface area contributed by atoms with Crippen LogP contribution in [0, 0.1) is 50.7 Å². The standard InChI is InChI=1S/C30H50O5/c1-17(14-20(32)24(34)26(4,5)35)18-8-10-28(7)23-19(31)15-21-25(2,3)22(33)9-11-29(21)16-30(23,29)13-12-27(18,28)6/h17-21,23-24,31-32,34-35H,8-16H2,1-7H3/t17-,18+,19+,20-,21-,23+,24-,27-,28+,29-,30+/m1/s1. The van der Waals surface area contributed by atoms with Crippen LogP contribution < -0.4 is 0 Å². The highest BCUT2D eigenvalue weighted by molar-refractivity contribution is 5.86. The maximum Gasteiger partial charge on any atom is 0.138 e. The normalized spacial score (nSPS) is 50.9. The maximum absolute atomic E-state index is 12.9. The summed E-state index contributed by atoms with van der Waals surface area (Å²) in [6, 6.07) is 0. The number of carbonyl (C=O) groups excluding carboxylic acids is 1. The van der Waals surface area contributed by atoms with Crippen molar-refractivity contribution >= 4 is 5.78 Å². The van der Waals surface area contributed by atoms with Gasteiger partial charge < -0.3 is 20.4 Å². The summed E-state index contributed by atoms with van der Waals surface area (Å²) in [5.74, 6) is 1.59. The summed E-state index contributed by atoms with van der Waals surface area (Å²) >= 11 is 0. The number of hydrogen-bond acceptors (Lipinski definition) is 5. The predicted molar refractivity (Wildman–Crippen MR) is 135 cm³/mol. The van der Waals surface area contributed by atoms with Gasteiger partial charge in [-0.25, -0.2) is 0 Å². The number of Topliss-reactive ketones (excluding diaryl/α,β-unsaturated/α-hetero) is 1. The summed E-state index contributed by atoms with van der Waals surface area (Å²) in [4.78, 5) is 12.9. The number of fused-ring (bicyclic) bond motifs is 2. The lowest BCUT2D eigenvalue weighted by Gasteiger charge is -2.64. The van der Waals surface area contributed by atoms with Gasteiger partial charge in [-0.05, 0) is 111 Å². The molecule has 0 aromatic carbocycles. The Hall–Kier alpha value is -0.490. The van der Waals surface area contributed by atoms with Crippen LogP contribution in [-0.2, 0) is 4.79 Å². The zero-order chi connectivity index (χ0) is 26.0. The molecule has 5 aliphatic carbocycles. The number of carbonyl (C=O) groups is 1. The van der Waals surface area contributed by atoms with E-state index in [0.717, 1.165) is 38.5 Å². The number of hydrogen-bond donors (Lipinski definition) is 4. The zero-order valence-corrected chi connectivity index (χ0v) is 23.1. The first-order chi connectivity index (χ1) is 16.0. The Morgan fingerprint density at radius 2 is 1.66 bits per heavy atom. The van der Waals surface area contributed by atoms with Crippen molar-refractivity contribution in [3.8, 4) is 0 Å². The Morgan fingerprint density at radius 3 is 2.29 bits per heavy atom. The molecule has 35 heavy (non-hydrogen) atoms. The number of aliphatic hydroxyl groups is 4. The van der Waals surface area contributed by atoms with Crippen LogP contribution in [-0.4, -0.2) is 50.1 Å². The molecule has 5 saturated carbocycles. The van der Waals surface area contributed by atoms with E-state index >= 15 is 0 Å². The van der Waals surface area contributed by atoms with Crippen molar-refractivity contribution in [2.24, 2.45) is 50.7 Å². The summed E-state index contributed by atoms with van der Waals surface area (Å²) in [6.45, 7) is 14.4. The second-order valence-electron chi connectivity index (χ2n) is 15.3. The molecule has 2 spiro atoms. The third-order valence-electron chi connectivity index (χ3n) is 13.3. The zero-order valence-electron chi connectivity index (χ0n) is 23.1. The molecular weight excluding hydrogens is 440 g/mol. The Kier molecular flexibility index (Phi) is 5.63. The molecule has 0 bridgehead atoms. The lowest BCUT2D eigenvalue weighted by atomic mass is 9.41. The molecule has 0 heterocycles. The van der Waals surface area contributed by atoms with E-state index in [1.807, 2.05) is 0 Å². The van der Waals surface area contributed by atoms with Crippen molar-refractivity contribution in [3.63, 3.8) is 0 Å². The monoisotopic (exact) mass is 490 g/mol. The Labute approximate surface area is 212 Å². The molecule has 0 amide bonds. The van der Waals surface area contributed by atoms with Gasteiger partial charge in [-0.2, -0.15) is 0 Å². The smallest absolute Gasteiger partial charge is 0.138 e. The molecule has 200 valence electrons. The lowest BCUT2D eigenvalue weighted by molar-refractivity contribution is -0.190. The summed E-state index contributed by atoms with van der Waals surface area (Å²) < 4.78 is 0. The fourth-order valence-electron chi connectivity index (χ4n) is 11.3. The van der Waals surface area contributed by atoms with Gasteiger partial charge in [-0.15, -0.1) is 0 Å². The van der Waals surface area contributed by atoms with Crippen molar-refractivity contribution < 1.29 is 25.2 Å². The SMILES string of the molecule is C[C@H](C[C@@H](O)[C@@H](O)C(C)(C)O)[C@@H]1CC[C@@]2(C)[C@@H]3[C@@H](O)C[C@@H]4C(C)(C)C(=O)CC[C@@]45C[C@@]35CC[C@]12C. The summed E-state index contributed by atoms with van der Waals surface area (Å²) in [5.41, 5.74) is -1.16. The highest BCUT2D eigenvalue weighted by atomic mass is 16.4. The fourth-order valence-corrected chi connectivity index (χ4v) is 11.3. The predicted octanol–water partition coefficient (Wildman–Crippen LogP) is 4.48. The van der Waals surface area contributed by atoms with Crippen LogP contribution in [0.2, 0.25) is 0 Å². The minimum Gasteiger partial charge on any atom is -0.393 e. The van der Waals surface area contributed by atoms with Gasteiger partial charge in [0.05, 0.1) is 17.8 Å². The van der Waals surface area contributed by atoms with Gasteiger partial charge >= 0.3 is 0 Å². The molecule has 0 radical (unpaired) electrons. The number of aliphatic hydroxyl groups excluding tert-OH is 3. The maximum atomic E-state index is 12.9. The third-order valence-corrected chi connectivity index (χ3v) is 13.3. The van der Waals surface area contributed by atoms with Gasteiger partial charge in [0.1, 0.15) is 11.9 Å². The van der Waals surface area contributed by atoms with Gasteiger partial charge in [-0.3, -0.25) is 4.79 Å². The molecule has 0 unspecified atom stereocenters. The van der Waals surface area contributed by atoms with Gasteiger partial charge in [0.15, 0.2) is 0 Å². The molecule has 11 atom stereocenters. The highest BCUT2D eigenvalue weighted by Crippen LogP contribution is 2.88. The van der Waals surface area contributed by atoms with E-state index in [1.165, 1.54) is 6.42 Å². The molecule has 5 rings (SSSR count). The average molecular weight is 491 g/mol. The first kappa shape index (κ1) is 26.1. The second kappa shape index (κ2) is 7.55. The van der Waals surface area contributed by atoms with Gasteiger partial charge in [0, 0.05) is 11.8 Å². The Balaban J connectivity index is 1.42. The minimum absolute atomic E-state index is 0.0312. The van der Waals surface area contributed by atoms with Crippen LogP contribution in [0.3, 0.4) is 0 Å². The van der Waals surface area contributed by atoms with Crippen LogP contribution >= 0.6 is 0 Å². The van der Waals surface area contributed by atoms with E-state index in [0.29, 0.717) is 30.5 Å². The summed E-state index contributed by atoms with van der Waals surface area (Å²) in [5, 5.41) is 43.2. The van der Waals surface area contributed by atoms with Crippen molar-refractivity contribution in [1.29, 1.82) is 0 Å². The molecule has 0 aromatic heterocycles. The van der Waals surface area contributed by atoms with Gasteiger partial charge in [0.25, 0.3) is 0 Å². The van der Waals surface area contributed by atoms with Crippen LogP contribution in [0.15, 0.2) is 0 Å². The van der Waals surface area contributed by atoms with Crippen molar-refractivity contribution in [2.45, 2.75) is 130 Å². The van der Waals surface area contributed by atoms with E-state index in [1.54, 1.807) is 13.8 Å². The molecule has 5 fully saturated rings. The molecule has 4 N–H and O–H groups in total. The lowest BCUT2D eigenvalue weighted by Crippen LogP contribution is -2.61. The molecular formula is C30H50O5. The molecule has 0 aromatic rings. The van der Waals surface area contributed by atoms with Crippen molar-refractivity contribution in [1.82, 2.24) is 0 Å². The second-order valence-corrected chi connectivity index (χ2v) is 15.3. The summed E-state index contributed by atoms with van der Waals surface area (Å²) in [7, 11) is 0. The van der Waals surface area contributed by atoms with Gasteiger partial charge in [-0.1, -0.05) is 34.6 Å². The van der Waals surface area contributed by atoms with Crippen LogP contribution in [0.1, 0.15) is 106 Å². The highest BCUT2D eigenvalue weighted by Gasteiger charge is 2.83. The third kappa shape index (κ3) is 3.17. The molecule has 0 saturated heterocycles. The minimum atomic E-state index is -1.33. The first-order valence-corrected chi connectivity index (χ1v) is 14.3. The van der Waals surface area contributed by atoms with E-state index in [2.05, 4.69) is 34.6 Å². The fraction of sp³-hybridized carbons (Fsp3) is 0.967. The molecule has 5 heteroatoms. The molecule has 5 nitrogen and oxygen atoms in total. The van der Waals surface area contributed by atoms with E-state index < -0.39 is 17.8 Å². The first-order valence-electron chi connectivity index (χ1n) is 14.3. The molecule has 0 aliphatic heterocycles. The average Bonchev–Trinajstić information content (AvgIpc) is 3.31. The topological polar surface area (TPSA) is 98.0 Å². The Bertz CT molecular complexity index is 892. The van der Waals surface area contributed by atoms with E-state index in [-0.39, 0.29) is 45.0 Å². The summed E-state index contributed by atoms with van der Waals surface area (Å²) in [6.07, 6.45) is 6.09. The Morgan fingerprint density at radius 1 is 1.00 bits per heavy atom. The number of ketones is 1. The van der Waals surface area contributed by atoms with Gasteiger partial charge in [0.2, 0.25) is 0 Å². The molecule has 5 aliphatic rings. The quantitative estimate of drug-likeness (QED) is 0.455. The van der Waals surface area contributed by atoms with Crippen molar-refractivity contribution in [3.05, 3.63) is 0 Å². The van der Waals surface area contributed by atoms with Crippen LogP contribution in [0.4, 0.5) is 0 Å². The van der Waals surface area contributed by atoms with Crippen LogP contribution in [0.5, 0.6) is 0 Å². The van der Waals surface area contributed by atoms with Crippen LogP contribution in [0.25, 0.3) is 0 Å². The van der Waals surface area contributed by atoms with E-state index in [9.17, 15) is 25.2 Å².